The van der Waals surface area contributed by atoms with Gasteiger partial charge < -0.3 is 10.1 Å². The second kappa shape index (κ2) is 9.62. The molecule has 24 heavy (non-hydrogen) atoms. The highest BCUT2D eigenvalue weighted by Gasteiger charge is 2.07. The minimum absolute atomic E-state index is 0.265. The largest absolute Gasteiger partial charge is 0.497 e. The van der Waals surface area contributed by atoms with Gasteiger partial charge in [0.25, 0.3) is 0 Å². The quantitative estimate of drug-likeness (QED) is 0.757. The van der Waals surface area contributed by atoms with E-state index < -0.39 is 6.03 Å². The summed E-state index contributed by atoms with van der Waals surface area (Å²) in [6.45, 7) is 0.387. The zero-order valence-electron chi connectivity index (χ0n) is 13.5. The predicted octanol–water partition coefficient (Wildman–Crippen LogP) is 3.20. The lowest BCUT2D eigenvalue weighted by atomic mass is 10.2. The summed E-state index contributed by atoms with van der Waals surface area (Å²) >= 11 is 1.54. The summed E-state index contributed by atoms with van der Waals surface area (Å²) in [5.74, 6) is 1.08. The van der Waals surface area contributed by atoms with E-state index in [9.17, 15) is 9.59 Å². The molecule has 2 aromatic rings. The first-order chi connectivity index (χ1) is 11.7. The fourth-order valence-corrected chi connectivity index (χ4v) is 2.86. The molecule has 0 atom stereocenters. The Labute approximate surface area is 145 Å². The molecule has 0 fully saturated rings. The minimum Gasteiger partial charge on any atom is -0.497 e. The van der Waals surface area contributed by atoms with E-state index in [1.165, 1.54) is 0 Å². The molecule has 0 spiro atoms. The Morgan fingerprint density at radius 3 is 2.62 bits per heavy atom. The van der Waals surface area contributed by atoms with Gasteiger partial charge in [0.2, 0.25) is 5.91 Å². The zero-order valence-corrected chi connectivity index (χ0v) is 14.3. The van der Waals surface area contributed by atoms with Crippen LogP contribution in [0.25, 0.3) is 0 Å². The van der Waals surface area contributed by atoms with Crippen LogP contribution in [0, 0.1) is 0 Å². The van der Waals surface area contributed by atoms with E-state index in [0.29, 0.717) is 12.3 Å². The van der Waals surface area contributed by atoms with Crippen molar-refractivity contribution in [3.8, 4) is 5.75 Å². The molecule has 0 aliphatic carbocycles. The van der Waals surface area contributed by atoms with Gasteiger partial charge in [0.1, 0.15) is 5.75 Å². The van der Waals surface area contributed by atoms with Gasteiger partial charge in [-0.15, -0.1) is 11.8 Å². The molecule has 0 aliphatic heterocycles. The molecule has 2 N–H and O–H groups in total. The van der Waals surface area contributed by atoms with Crippen LogP contribution in [0.5, 0.6) is 5.75 Å². The highest BCUT2D eigenvalue weighted by atomic mass is 32.2. The van der Waals surface area contributed by atoms with E-state index in [0.717, 1.165) is 16.2 Å². The lowest BCUT2D eigenvalue weighted by molar-refractivity contribution is -0.119. The average molecular weight is 344 g/mol. The zero-order chi connectivity index (χ0) is 17.2. The van der Waals surface area contributed by atoms with Crippen LogP contribution in [0.2, 0.25) is 0 Å². The van der Waals surface area contributed by atoms with Crippen molar-refractivity contribution in [2.24, 2.45) is 0 Å². The number of thioether (sulfide) groups is 1. The highest BCUT2D eigenvalue weighted by Crippen LogP contribution is 2.23. The third-order valence-corrected chi connectivity index (χ3v) is 4.18. The molecule has 0 radical (unpaired) electrons. The number of rotatable bonds is 7. The molecule has 0 saturated heterocycles. The first kappa shape index (κ1) is 17.9. The molecule has 0 saturated carbocycles. The van der Waals surface area contributed by atoms with Crippen molar-refractivity contribution < 1.29 is 14.3 Å². The number of benzene rings is 2. The number of imide groups is 1. The highest BCUT2D eigenvalue weighted by molar-refractivity contribution is 7.99. The first-order valence-electron chi connectivity index (χ1n) is 7.56. The van der Waals surface area contributed by atoms with Gasteiger partial charge >= 0.3 is 6.03 Å². The van der Waals surface area contributed by atoms with Gasteiger partial charge in [0.05, 0.1) is 7.11 Å². The number of hydrogen-bond acceptors (Lipinski definition) is 4. The molecular weight excluding hydrogens is 324 g/mol. The number of ether oxygens (including phenoxy) is 1. The Kier molecular flexibility index (Phi) is 7.17. The smallest absolute Gasteiger partial charge is 0.321 e. The van der Waals surface area contributed by atoms with Gasteiger partial charge in [-0.3, -0.25) is 10.1 Å². The second-order valence-electron chi connectivity index (χ2n) is 4.99. The van der Waals surface area contributed by atoms with Crippen molar-refractivity contribution in [2.45, 2.75) is 17.9 Å². The average Bonchev–Trinajstić information content (AvgIpc) is 2.61. The fraction of sp³-hybridized carbons (Fsp3) is 0.222. The van der Waals surface area contributed by atoms with Crippen molar-refractivity contribution in [1.29, 1.82) is 0 Å². The number of methoxy groups -OCH3 is 1. The van der Waals surface area contributed by atoms with E-state index in [-0.39, 0.29) is 12.3 Å². The lowest BCUT2D eigenvalue weighted by Gasteiger charge is -2.07. The number of carbonyl (C=O) groups is 2. The number of urea groups is 1. The summed E-state index contributed by atoms with van der Waals surface area (Å²) in [4.78, 5) is 24.5. The molecule has 0 bridgehead atoms. The topological polar surface area (TPSA) is 67.4 Å². The maximum Gasteiger partial charge on any atom is 0.321 e. The fourth-order valence-electron chi connectivity index (χ4n) is 1.96. The normalized spacial score (nSPS) is 10.0. The molecule has 2 aromatic carbocycles. The molecule has 6 heteroatoms. The van der Waals surface area contributed by atoms with Crippen molar-refractivity contribution in [1.82, 2.24) is 10.6 Å². The molecule has 2 rings (SSSR count). The van der Waals surface area contributed by atoms with Crippen molar-refractivity contribution in [3.05, 3.63) is 60.2 Å². The molecule has 126 valence electrons. The van der Waals surface area contributed by atoms with Crippen LogP contribution in [-0.4, -0.2) is 24.8 Å². The first-order valence-corrected chi connectivity index (χ1v) is 8.54. The molecule has 5 nitrogen and oxygen atoms in total. The summed E-state index contributed by atoms with van der Waals surface area (Å²) in [7, 11) is 1.62. The van der Waals surface area contributed by atoms with E-state index in [1.54, 1.807) is 18.9 Å². The Bertz CT molecular complexity index is 677. The van der Waals surface area contributed by atoms with Crippen LogP contribution in [-0.2, 0) is 11.3 Å². The minimum atomic E-state index is -0.477. The molecule has 3 amide bonds. The lowest BCUT2D eigenvalue weighted by Crippen LogP contribution is -2.39. The summed E-state index contributed by atoms with van der Waals surface area (Å²) in [5, 5.41) is 4.99. The maximum absolute atomic E-state index is 11.8. The molecule has 0 aromatic heterocycles. The Hall–Kier alpha value is -2.47. The number of amides is 3. The SMILES string of the molecule is COc1cccc(SCCC(=O)NC(=O)NCc2ccccc2)c1. The maximum atomic E-state index is 11.8. The van der Waals surface area contributed by atoms with Gasteiger partial charge in [-0.2, -0.15) is 0 Å². The Morgan fingerprint density at radius 2 is 1.88 bits per heavy atom. The van der Waals surface area contributed by atoms with Crippen molar-refractivity contribution in [3.63, 3.8) is 0 Å². The molecular formula is C18H20N2O3S. The van der Waals surface area contributed by atoms with Crippen LogP contribution in [0.15, 0.2) is 59.5 Å². The van der Waals surface area contributed by atoms with Crippen LogP contribution >= 0.6 is 11.8 Å². The molecule has 0 heterocycles. The van der Waals surface area contributed by atoms with Crippen molar-refractivity contribution >= 4 is 23.7 Å². The van der Waals surface area contributed by atoms with E-state index in [1.807, 2.05) is 54.6 Å². The van der Waals surface area contributed by atoms with Gasteiger partial charge in [-0.1, -0.05) is 36.4 Å². The number of nitrogens with one attached hydrogen (secondary N) is 2. The predicted molar refractivity (Wildman–Crippen MR) is 95.2 cm³/mol. The van der Waals surface area contributed by atoms with E-state index in [4.69, 9.17) is 4.74 Å². The Morgan fingerprint density at radius 1 is 1.08 bits per heavy atom. The van der Waals surface area contributed by atoms with Crippen LogP contribution < -0.4 is 15.4 Å². The summed E-state index contributed by atoms with van der Waals surface area (Å²) in [5.41, 5.74) is 0.980. The molecule has 0 unspecified atom stereocenters. The van der Waals surface area contributed by atoms with Gasteiger partial charge in [0, 0.05) is 23.6 Å². The third-order valence-electron chi connectivity index (χ3n) is 3.19. The third kappa shape index (κ3) is 6.34. The van der Waals surface area contributed by atoms with Crippen LogP contribution in [0.4, 0.5) is 4.79 Å². The number of hydrogen-bond donors (Lipinski definition) is 2. The van der Waals surface area contributed by atoms with Crippen molar-refractivity contribution in [2.75, 3.05) is 12.9 Å². The Balaban J connectivity index is 1.66. The van der Waals surface area contributed by atoms with Gasteiger partial charge in [0.15, 0.2) is 0 Å². The summed E-state index contributed by atoms with van der Waals surface area (Å²) < 4.78 is 5.15. The second-order valence-corrected chi connectivity index (χ2v) is 6.16. The summed E-state index contributed by atoms with van der Waals surface area (Å²) in [6, 6.07) is 16.7. The van der Waals surface area contributed by atoms with Crippen LogP contribution in [0.1, 0.15) is 12.0 Å². The number of carbonyl (C=O) groups excluding carboxylic acids is 2. The summed E-state index contributed by atoms with van der Waals surface area (Å²) in [6.07, 6.45) is 0.265. The van der Waals surface area contributed by atoms with E-state index in [2.05, 4.69) is 10.6 Å². The standard InChI is InChI=1S/C18H20N2O3S/c1-23-15-8-5-9-16(12-15)24-11-10-17(21)20-18(22)19-13-14-6-3-2-4-7-14/h2-9,12H,10-11,13H2,1H3,(H2,19,20,21,22). The monoisotopic (exact) mass is 344 g/mol. The van der Waals surface area contributed by atoms with Crippen LogP contribution in [0.3, 0.4) is 0 Å². The molecule has 0 aliphatic rings. The van der Waals surface area contributed by atoms with Gasteiger partial charge in [-0.25, -0.2) is 4.79 Å². The van der Waals surface area contributed by atoms with E-state index >= 15 is 0 Å². The van der Waals surface area contributed by atoms with Gasteiger partial charge in [-0.05, 0) is 23.8 Å².